The SMILES string of the molecule is CCOP(=O)(OCC)C1(C(=O)OC(C)(C)C)C/C1=C\C(=O)OCc1ccccc1. The Hall–Kier alpha value is -1.95. The van der Waals surface area contributed by atoms with Crippen LogP contribution in [0.15, 0.2) is 42.0 Å². The second-order valence-corrected chi connectivity index (χ2v) is 9.91. The normalized spacial score (nSPS) is 20.4. The van der Waals surface area contributed by atoms with Crippen molar-refractivity contribution in [2.75, 3.05) is 13.2 Å². The summed E-state index contributed by atoms with van der Waals surface area (Å²) in [5.41, 5.74) is 0.368. The van der Waals surface area contributed by atoms with Crippen LogP contribution in [-0.2, 0) is 39.3 Å². The molecule has 0 saturated heterocycles. The Kier molecular flexibility index (Phi) is 7.44. The predicted octanol–water partition coefficient (Wildman–Crippen LogP) is 4.41. The maximum atomic E-state index is 13.5. The molecule has 1 fully saturated rings. The standard InChI is InChI=1S/C21H29O7P/c1-6-26-29(24,27-7-2)21(19(23)28-20(3,4)5)14-17(21)13-18(22)25-15-16-11-9-8-10-12-16/h8-13H,6-7,14-15H2,1-5H3/b17-13+. The van der Waals surface area contributed by atoms with Crippen molar-refractivity contribution in [1.82, 2.24) is 0 Å². The second kappa shape index (κ2) is 9.24. The molecule has 29 heavy (non-hydrogen) atoms. The summed E-state index contributed by atoms with van der Waals surface area (Å²) in [5, 5.41) is -1.61. The van der Waals surface area contributed by atoms with Crippen LogP contribution < -0.4 is 0 Å². The van der Waals surface area contributed by atoms with Gasteiger partial charge in [-0.15, -0.1) is 0 Å². The van der Waals surface area contributed by atoms with E-state index >= 15 is 0 Å². The Morgan fingerprint density at radius 2 is 1.69 bits per heavy atom. The van der Waals surface area contributed by atoms with Crippen molar-refractivity contribution in [2.24, 2.45) is 0 Å². The number of esters is 2. The van der Waals surface area contributed by atoms with E-state index < -0.39 is 30.3 Å². The summed E-state index contributed by atoms with van der Waals surface area (Å²) in [6.45, 7) is 8.74. The van der Waals surface area contributed by atoms with Crippen molar-refractivity contribution in [2.45, 2.75) is 58.4 Å². The molecule has 1 saturated carbocycles. The van der Waals surface area contributed by atoms with E-state index in [2.05, 4.69) is 0 Å². The molecule has 8 heteroatoms. The molecule has 0 N–H and O–H groups in total. The van der Waals surface area contributed by atoms with Crippen molar-refractivity contribution in [3.05, 3.63) is 47.5 Å². The summed E-state index contributed by atoms with van der Waals surface area (Å²) < 4.78 is 35.0. The van der Waals surface area contributed by atoms with E-state index in [0.29, 0.717) is 5.57 Å². The van der Waals surface area contributed by atoms with Crippen molar-refractivity contribution < 1.29 is 32.7 Å². The largest absolute Gasteiger partial charge is 0.459 e. The molecule has 0 aliphatic heterocycles. The average Bonchev–Trinajstić information content (AvgIpc) is 3.36. The molecule has 2 rings (SSSR count). The number of carbonyl (C=O) groups is 2. The minimum absolute atomic E-state index is 0.0552. The molecule has 1 aromatic rings. The molecule has 0 amide bonds. The molecule has 7 nitrogen and oxygen atoms in total. The third-order valence-electron chi connectivity index (χ3n) is 4.17. The van der Waals surface area contributed by atoms with E-state index in [-0.39, 0.29) is 26.2 Å². The van der Waals surface area contributed by atoms with Crippen LogP contribution in [0, 0.1) is 0 Å². The van der Waals surface area contributed by atoms with E-state index in [9.17, 15) is 14.2 Å². The summed E-state index contributed by atoms with van der Waals surface area (Å²) in [6.07, 6.45) is 1.25. The molecule has 1 aliphatic carbocycles. The van der Waals surface area contributed by atoms with Gasteiger partial charge in [-0.2, -0.15) is 0 Å². The van der Waals surface area contributed by atoms with Gasteiger partial charge in [0.1, 0.15) is 12.2 Å². The Balaban J connectivity index is 2.26. The van der Waals surface area contributed by atoms with Gasteiger partial charge in [0.2, 0.25) is 0 Å². The summed E-state index contributed by atoms with van der Waals surface area (Å²) in [4.78, 5) is 25.2. The molecular formula is C21H29O7P. The Morgan fingerprint density at radius 3 is 2.21 bits per heavy atom. The van der Waals surface area contributed by atoms with Gasteiger partial charge < -0.3 is 18.5 Å². The van der Waals surface area contributed by atoms with E-state index in [4.69, 9.17) is 18.5 Å². The Bertz CT molecular complexity index is 800. The van der Waals surface area contributed by atoms with Gasteiger partial charge in [0, 0.05) is 12.5 Å². The molecule has 1 unspecified atom stereocenters. The lowest BCUT2D eigenvalue weighted by Crippen LogP contribution is -2.34. The lowest BCUT2D eigenvalue weighted by atomic mass is 10.2. The zero-order chi connectivity index (χ0) is 21.7. The van der Waals surface area contributed by atoms with Gasteiger partial charge in [0.25, 0.3) is 0 Å². The van der Waals surface area contributed by atoms with E-state index in [1.54, 1.807) is 34.6 Å². The van der Waals surface area contributed by atoms with Crippen LogP contribution in [0.25, 0.3) is 0 Å². The van der Waals surface area contributed by atoms with Gasteiger partial charge in [0.05, 0.1) is 13.2 Å². The third kappa shape index (κ3) is 5.56. The maximum absolute atomic E-state index is 13.5. The van der Waals surface area contributed by atoms with Crippen LogP contribution in [0.4, 0.5) is 0 Å². The average molecular weight is 424 g/mol. The second-order valence-electron chi connectivity index (χ2n) is 7.63. The fourth-order valence-corrected chi connectivity index (χ4v) is 5.11. The summed E-state index contributed by atoms with van der Waals surface area (Å²) in [5.74, 6) is -1.36. The molecule has 0 bridgehead atoms. The quantitative estimate of drug-likeness (QED) is 0.330. The number of benzene rings is 1. The van der Waals surface area contributed by atoms with Crippen molar-refractivity contribution in [1.29, 1.82) is 0 Å². The molecular weight excluding hydrogens is 395 g/mol. The molecule has 0 heterocycles. The molecule has 1 aliphatic rings. The molecule has 1 atom stereocenters. The van der Waals surface area contributed by atoms with Gasteiger partial charge in [-0.05, 0) is 45.8 Å². The molecule has 0 aromatic heterocycles. The van der Waals surface area contributed by atoms with Crippen LogP contribution in [0.1, 0.15) is 46.6 Å². The van der Waals surface area contributed by atoms with E-state index in [0.717, 1.165) is 5.56 Å². The van der Waals surface area contributed by atoms with Crippen LogP contribution >= 0.6 is 7.60 Å². The minimum atomic E-state index is -3.89. The van der Waals surface area contributed by atoms with Crippen molar-refractivity contribution in [3.8, 4) is 0 Å². The lowest BCUT2D eigenvalue weighted by Gasteiger charge is -2.28. The first-order valence-electron chi connectivity index (χ1n) is 9.62. The van der Waals surface area contributed by atoms with Crippen LogP contribution in [0.2, 0.25) is 0 Å². The molecule has 160 valence electrons. The van der Waals surface area contributed by atoms with E-state index in [1.807, 2.05) is 30.3 Å². The number of rotatable bonds is 9. The number of hydrogen-bond acceptors (Lipinski definition) is 7. The number of carbonyl (C=O) groups excluding carboxylic acids is 2. The summed E-state index contributed by atoms with van der Waals surface area (Å²) in [6, 6.07) is 9.22. The van der Waals surface area contributed by atoms with Crippen LogP contribution in [0.5, 0.6) is 0 Å². The predicted molar refractivity (Wildman–Crippen MR) is 108 cm³/mol. The fraction of sp³-hybridized carbons (Fsp3) is 0.524. The van der Waals surface area contributed by atoms with Gasteiger partial charge in [-0.25, -0.2) is 4.79 Å². The third-order valence-corrected chi connectivity index (χ3v) is 6.93. The lowest BCUT2D eigenvalue weighted by molar-refractivity contribution is -0.155. The topological polar surface area (TPSA) is 88.1 Å². The maximum Gasteiger partial charge on any atom is 0.352 e. The molecule has 1 aromatic carbocycles. The Morgan fingerprint density at radius 1 is 1.10 bits per heavy atom. The van der Waals surface area contributed by atoms with Crippen LogP contribution in [-0.4, -0.2) is 35.9 Å². The highest BCUT2D eigenvalue weighted by Gasteiger charge is 2.71. The number of ether oxygens (including phenoxy) is 2. The smallest absolute Gasteiger partial charge is 0.352 e. The van der Waals surface area contributed by atoms with Crippen molar-refractivity contribution >= 4 is 19.5 Å². The minimum Gasteiger partial charge on any atom is -0.459 e. The van der Waals surface area contributed by atoms with Crippen LogP contribution in [0.3, 0.4) is 0 Å². The Labute approximate surface area is 171 Å². The van der Waals surface area contributed by atoms with Gasteiger partial charge in [0.15, 0.2) is 5.16 Å². The molecule has 0 radical (unpaired) electrons. The van der Waals surface area contributed by atoms with Gasteiger partial charge in [-0.3, -0.25) is 9.36 Å². The molecule has 0 spiro atoms. The first-order chi connectivity index (χ1) is 13.6. The highest BCUT2D eigenvalue weighted by atomic mass is 31.2. The highest BCUT2D eigenvalue weighted by Crippen LogP contribution is 2.74. The zero-order valence-corrected chi connectivity index (χ0v) is 18.5. The van der Waals surface area contributed by atoms with Gasteiger partial charge >= 0.3 is 19.5 Å². The fourth-order valence-electron chi connectivity index (χ4n) is 2.86. The van der Waals surface area contributed by atoms with Crippen molar-refractivity contribution in [3.63, 3.8) is 0 Å². The van der Waals surface area contributed by atoms with E-state index in [1.165, 1.54) is 6.08 Å². The first-order valence-corrected chi connectivity index (χ1v) is 11.2. The zero-order valence-electron chi connectivity index (χ0n) is 17.6. The first kappa shape index (κ1) is 23.3. The van der Waals surface area contributed by atoms with Gasteiger partial charge in [-0.1, -0.05) is 30.3 Å². The number of hydrogen-bond donors (Lipinski definition) is 0. The highest BCUT2D eigenvalue weighted by molar-refractivity contribution is 7.57. The summed E-state index contributed by atoms with van der Waals surface area (Å²) in [7, 11) is -3.89. The monoisotopic (exact) mass is 424 g/mol. The summed E-state index contributed by atoms with van der Waals surface area (Å²) >= 11 is 0.